The summed E-state index contributed by atoms with van der Waals surface area (Å²) in [5, 5.41) is 3.02. The third-order valence-electron chi connectivity index (χ3n) is 6.59. The van der Waals surface area contributed by atoms with Gasteiger partial charge in [-0.15, -0.1) is 0 Å². The van der Waals surface area contributed by atoms with E-state index in [1.807, 2.05) is 61.2 Å². The number of carbonyl (C=O) groups excluding carboxylic acids is 3. The molecule has 2 aromatic rings. The summed E-state index contributed by atoms with van der Waals surface area (Å²) >= 11 is 0. The molecule has 0 spiro atoms. The molecule has 0 aliphatic carbocycles. The van der Waals surface area contributed by atoms with Crippen LogP contribution in [0.25, 0.3) is 0 Å². The lowest BCUT2D eigenvalue weighted by molar-refractivity contribution is -0.121. The number of likely N-dealkylation sites (tertiary alicyclic amines) is 2. The van der Waals surface area contributed by atoms with Gasteiger partial charge in [0.15, 0.2) is 0 Å². The maximum atomic E-state index is 13.1. The number of amides is 3. The van der Waals surface area contributed by atoms with Gasteiger partial charge >= 0.3 is 0 Å². The zero-order chi connectivity index (χ0) is 22.7. The molecule has 4 rings (SSSR count). The lowest BCUT2D eigenvalue weighted by atomic mass is 9.96. The molecule has 6 heteroatoms. The van der Waals surface area contributed by atoms with Crippen molar-refractivity contribution in [2.75, 3.05) is 31.5 Å². The molecule has 2 saturated heterocycles. The first kappa shape index (κ1) is 22.1. The average molecular weight is 434 g/mol. The summed E-state index contributed by atoms with van der Waals surface area (Å²) in [6, 6.07) is 13.0. The molecule has 2 aliphatic rings. The minimum absolute atomic E-state index is 0.0307. The van der Waals surface area contributed by atoms with Gasteiger partial charge in [-0.05, 0) is 69.4 Å². The second kappa shape index (κ2) is 9.55. The molecule has 2 heterocycles. The van der Waals surface area contributed by atoms with Crippen molar-refractivity contribution in [2.45, 2.75) is 39.5 Å². The van der Waals surface area contributed by atoms with Crippen LogP contribution in [-0.4, -0.2) is 53.7 Å². The topological polar surface area (TPSA) is 69.7 Å². The number of nitrogens with zero attached hydrogens (tertiary/aromatic N) is 2. The Labute approximate surface area is 189 Å². The van der Waals surface area contributed by atoms with Crippen molar-refractivity contribution in [1.82, 2.24) is 9.80 Å². The van der Waals surface area contributed by atoms with Crippen molar-refractivity contribution in [3.05, 3.63) is 64.7 Å². The molecule has 32 heavy (non-hydrogen) atoms. The first-order valence-corrected chi connectivity index (χ1v) is 11.5. The largest absolute Gasteiger partial charge is 0.339 e. The quantitative estimate of drug-likeness (QED) is 0.791. The molecule has 2 aliphatic heterocycles. The fraction of sp³-hybridized carbons (Fsp3) is 0.423. The van der Waals surface area contributed by atoms with E-state index in [1.165, 1.54) is 0 Å². The predicted octanol–water partition coefficient (Wildman–Crippen LogP) is 4.03. The molecule has 0 radical (unpaired) electrons. The maximum Gasteiger partial charge on any atom is 0.254 e. The van der Waals surface area contributed by atoms with Crippen LogP contribution >= 0.6 is 0 Å². The second-order valence-corrected chi connectivity index (χ2v) is 8.92. The summed E-state index contributed by atoms with van der Waals surface area (Å²) in [5.41, 5.74) is 3.87. The molecule has 0 saturated carbocycles. The summed E-state index contributed by atoms with van der Waals surface area (Å²) in [4.78, 5) is 42.5. The fourth-order valence-corrected chi connectivity index (χ4v) is 4.58. The Balaban J connectivity index is 1.43. The molecule has 2 fully saturated rings. The minimum atomic E-state index is -0.268. The monoisotopic (exact) mass is 433 g/mol. The Morgan fingerprint density at radius 3 is 2.25 bits per heavy atom. The van der Waals surface area contributed by atoms with Crippen molar-refractivity contribution in [2.24, 2.45) is 5.92 Å². The van der Waals surface area contributed by atoms with Crippen LogP contribution in [0.3, 0.4) is 0 Å². The highest BCUT2D eigenvalue weighted by Gasteiger charge is 2.29. The van der Waals surface area contributed by atoms with Gasteiger partial charge in [-0.3, -0.25) is 14.4 Å². The van der Waals surface area contributed by atoms with Crippen molar-refractivity contribution < 1.29 is 14.4 Å². The van der Waals surface area contributed by atoms with Crippen molar-refractivity contribution in [3.8, 4) is 0 Å². The number of nitrogens with one attached hydrogen (secondary N) is 1. The highest BCUT2D eigenvalue weighted by atomic mass is 16.2. The number of hydrogen-bond donors (Lipinski definition) is 1. The van der Waals surface area contributed by atoms with Crippen LogP contribution in [0.2, 0.25) is 0 Å². The van der Waals surface area contributed by atoms with Crippen LogP contribution in [0.4, 0.5) is 5.69 Å². The Morgan fingerprint density at radius 1 is 0.844 bits per heavy atom. The van der Waals surface area contributed by atoms with E-state index < -0.39 is 0 Å². The number of aryl methyl sites for hydroxylation is 1. The van der Waals surface area contributed by atoms with E-state index in [0.717, 1.165) is 49.9 Å². The molecule has 6 nitrogen and oxygen atoms in total. The molecule has 3 amide bonds. The van der Waals surface area contributed by atoms with E-state index in [1.54, 1.807) is 4.90 Å². The molecule has 0 aromatic heterocycles. The number of carbonyl (C=O) groups is 3. The minimum Gasteiger partial charge on any atom is -0.339 e. The summed E-state index contributed by atoms with van der Waals surface area (Å²) in [7, 11) is 0. The highest BCUT2D eigenvalue weighted by Crippen LogP contribution is 2.25. The summed E-state index contributed by atoms with van der Waals surface area (Å²) in [6.45, 7) is 6.53. The van der Waals surface area contributed by atoms with Gasteiger partial charge in [0.1, 0.15) is 0 Å². The molecule has 2 aromatic carbocycles. The number of benzene rings is 2. The zero-order valence-corrected chi connectivity index (χ0v) is 18.9. The third-order valence-corrected chi connectivity index (χ3v) is 6.59. The Kier molecular flexibility index (Phi) is 6.58. The summed E-state index contributed by atoms with van der Waals surface area (Å²) < 4.78 is 0. The third kappa shape index (κ3) is 4.69. The molecule has 0 bridgehead atoms. The second-order valence-electron chi connectivity index (χ2n) is 8.92. The first-order chi connectivity index (χ1) is 15.4. The highest BCUT2D eigenvalue weighted by molar-refractivity contribution is 6.00. The van der Waals surface area contributed by atoms with E-state index in [0.29, 0.717) is 29.9 Å². The lowest BCUT2D eigenvalue weighted by Gasteiger charge is -2.32. The lowest BCUT2D eigenvalue weighted by Crippen LogP contribution is -2.43. The summed E-state index contributed by atoms with van der Waals surface area (Å²) in [5.74, 6) is -0.365. The number of anilines is 1. The SMILES string of the molecule is Cc1ccc(C(=O)N2CCCC(C(=O)Nc3cccc(C(=O)N4CCCC4)c3C)C2)cc1. The summed E-state index contributed by atoms with van der Waals surface area (Å²) in [6.07, 6.45) is 3.62. The number of rotatable bonds is 4. The van der Waals surface area contributed by atoms with Crippen molar-refractivity contribution in [3.63, 3.8) is 0 Å². The number of piperidine rings is 1. The first-order valence-electron chi connectivity index (χ1n) is 11.5. The van der Waals surface area contributed by atoms with Gasteiger partial charge in [0.05, 0.1) is 5.92 Å². The standard InChI is InChI=1S/C26H31N3O3/c1-18-10-12-20(13-11-18)25(31)29-16-6-7-21(17-29)24(30)27-23-9-5-8-22(19(23)2)26(32)28-14-3-4-15-28/h5,8-13,21H,3-4,6-7,14-17H2,1-2H3,(H,27,30). The smallest absolute Gasteiger partial charge is 0.254 e. The van der Waals surface area contributed by atoms with Gasteiger partial charge in [0.2, 0.25) is 5.91 Å². The van der Waals surface area contributed by atoms with Gasteiger partial charge in [0.25, 0.3) is 11.8 Å². The maximum absolute atomic E-state index is 13.1. The Bertz CT molecular complexity index is 1010. The van der Waals surface area contributed by atoms with Crippen LogP contribution in [-0.2, 0) is 4.79 Å². The molecular weight excluding hydrogens is 402 g/mol. The Morgan fingerprint density at radius 2 is 1.53 bits per heavy atom. The molecule has 1 atom stereocenters. The van der Waals surface area contributed by atoms with Gasteiger partial charge in [-0.25, -0.2) is 0 Å². The normalized spacial score (nSPS) is 18.5. The number of hydrogen-bond acceptors (Lipinski definition) is 3. The van der Waals surface area contributed by atoms with Gasteiger partial charge in [-0.2, -0.15) is 0 Å². The van der Waals surface area contributed by atoms with Gasteiger partial charge < -0.3 is 15.1 Å². The van der Waals surface area contributed by atoms with Gasteiger partial charge in [0, 0.05) is 43.0 Å². The molecule has 168 valence electrons. The molecule has 1 N–H and O–H groups in total. The Hall–Kier alpha value is -3.15. The zero-order valence-electron chi connectivity index (χ0n) is 18.9. The van der Waals surface area contributed by atoms with E-state index in [2.05, 4.69) is 5.32 Å². The average Bonchev–Trinajstić information content (AvgIpc) is 3.35. The predicted molar refractivity (Wildman–Crippen MR) is 125 cm³/mol. The van der Waals surface area contributed by atoms with Crippen LogP contribution < -0.4 is 5.32 Å². The van der Waals surface area contributed by atoms with E-state index in [4.69, 9.17) is 0 Å². The van der Waals surface area contributed by atoms with E-state index in [-0.39, 0.29) is 23.6 Å². The van der Waals surface area contributed by atoms with E-state index >= 15 is 0 Å². The van der Waals surface area contributed by atoms with Crippen molar-refractivity contribution in [1.29, 1.82) is 0 Å². The van der Waals surface area contributed by atoms with Gasteiger partial charge in [-0.1, -0.05) is 23.8 Å². The van der Waals surface area contributed by atoms with Crippen LogP contribution in [0, 0.1) is 19.8 Å². The van der Waals surface area contributed by atoms with E-state index in [9.17, 15) is 14.4 Å². The van der Waals surface area contributed by atoms with Crippen LogP contribution in [0.1, 0.15) is 57.5 Å². The van der Waals surface area contributed by atoms with Crippen LogP contribution in [0.5, 0.6) is 0 Å². The fourth-order valence-electron chi connectivity index (χ4n) is 4.58. The molecular formula is C26H31N3O3. The van der Waals surface area contributed by atoms with Crippen molar-refractivity contribution >= 4 is 23.4 Å². The molecule has 1 unspecified atom stereocenters. The van der Waals surface area contributed by atoms with Crippen LogP contribution in [0.15, 0.2) is 42.5 Å².